The molecule has 0 aromatic rings. The Kier molecular flexibility index (Phi) is 961. The predicted octanol–water partition coefficient (Wildman–Crippen LogP) is 5.71. The molecule has 0 nitrogen and oxygen atoms in total. The zero-order valence-electron chi connectivity index (χ0n) is 10.3. The number of unbranched alkanes of at least 4 members (excludes halogenated alkanes) is 1. The maximum absolute atomic E-state index is 4.00. The van der Waals surface area contributed by atoms with Gasteiger partial charge in [-0.05, 0) is 6.92 Å². The fraction of sp³-hybridized carbons (Fsp3) is 0.571. The molecular weight excluding hydrogens is 168 g/mol. The highest BCUT2D eigenvalue weighted by Gasteiger charge is 1.56. The molecule has 0 fully saturated rings. The quantitative estimate of drug-likeness (QED) is 0.375. The topological polar surface area (TPSA) is 0 Å². The van der Waals surface area contributed by atoms with Crippen LogP contribution >= 0.6 is 0 Å². The highest BCUT2D eigenvalue weighted by molar-refractivity contribution is 4.51. The third-order valence-electron chi connectivity index (χ3n) is 0.500. The molecule has 0 radical (unpaired) electrons. The van der Waals surface area contributed by atoms with Crippen molar-refractivity contribution in [1.82, 2.24) is 0 Å². The van der Waals surface area contributed by atoms with Gasteiger partial charge in [0.1, 0.15) is 0 Å². The maximum atomic E-state index is 4.00. The monoisotopic (exact) mass is 200 g/mol. The lowest BCUT2D eigenvalue weighted by Gasteiger charge is -1.68. The molecule has 0 heterocycles. The minimum atomic E-state index is 0. The summed E-state index contributed by atoms with van der Waals surface area (Å²) in [5, 5.41) is 0. The van der Waals surface area contributed by atoms with E-state index in [0.717, 1.165) is 0 Å². The average molecular weight is 200 g/mol. The van der Waals surface area contributed by atoms with Gasteiger partial charge < -0.3 is 0 Å². The number of terminal acetylenes is 1. The van der Waals surface area contributed by atoms with E-state index in [1.54, 1.807) is 6.08 Å². The first-order valence-electron chi connectivity index (χ1n) is 4.73. The van der Waals surface area contributed by atoms with Crippen LogP contribution in [0.4, 0.5) is 0 Å². The van der Waals surface area contributed by atoms with Crippen molar-refractivity contribution < 1.29 is 0 Å². The van der Waals surface area contributed by atoms with Gasteiger partial charge in [-0.25, -0.2) is 0 Å². The van der Waals surface area contributed by atoms with Crippen LogP contribution in [0.5, 0.6) is 0 Å². The van der Waals surface area contributed by atoms with Crippen LogP contribution < -0.4 is 0 Å². The molecule has 0 saturated carbocycles. The highest BCUT2D eigenvalue weighted by atomic mass is 13.6. The molecule has 0 aromatic carbocycles. The molecule has 0 aromatic heterocycles. The Morgan fingerprint density at radius 1 is 1.00 bits per heavy atom. The summed E-state index contributed by atoms with van der Waals surface area (Å²) in [4.78, 5) is 0. The van der Waals surface area contributed by atoms with Crippen molar-refractivity contribution in [3.05, 3.63) is 25.8 Å². The van der Waals surface area contributed by atoms with Crippen molar-refractivity contribution >= 4 is 0 Å². The van der Waals surface area contributed by atoms with Crippen LogP contribution in [-0.2, 0) is 0 Å². The summed E-state index contributed by atoms with van der Waals surface area (Å²) in [6.45, 7) is 19.6. The molecule has 0 unspecified atom stereocenters. The van der Waals surface area contributed by atoms with E-state index in [9.17, 15) is 0 Å². The van der Waals surface area contributed by atoms with E-state index in [0.29, 0.717) is 0 Å². The average Bonchev–Trinajstić information content (AvgIpc) is 2.27. The maximum Gasteiger partial charge on any atom is -0.0473 e. The van der Waals surface area contributed by atoms with Gasteiger partial charge in [-0.3, -0.25) is 0 Å². The molecule has 0 aliphatic rings. The molecule has 0 heteroatoms. The Bertz CT molecular complexity index is 48.3. The molecule has 14 heavy (non-hydrogen) atoms. The van der Waals surface area contributed by atoms with E-state index < -0.39 is 0 Å². The molecule has 0 saturated heterocycles. The summed E-state index contributed by atoms with van der Waals surface area (Å²) in [5.41, 5.74) is 0. The lowest BCUT2D eigenvalue weighted by molar-refractivity contribution is 0.886. The lowest BCUT2D eigenvalue weighted by atomic mass is 10.4. The summed E-state index contributed by atoms with van der Waals surface area (Å²) < 4.78 is 0. The van der Waals surface area contributed by atoms with E-state index in [-0.39, 0.29) is 7.43 Å². The van der Waals surface area contributed by atoms with Crippen LogP contribution in [0.25, 0.3) is 0 Å². The standard InChI is InChI=1S/C4H10.C3H6.C2H6.C2H4.C2H2.CH4/c1-3-4-2;1-3-2;3*1-2;/h3-4H2,1-2H3;3H,1H2,2H3;1-2H3;1-2H2;1-2H;1H4. The first kappa shape index (κ1) is 38.1. The summed E-state index contributed by atoms with van der Waals surface area (Å²) in [7, 11) is 0. The van der Waals surface area contributed by atoms with E-state index in [2.05, 4.69) is 46.4 Å². The van der Waals surface area contributed by atoms with Crippen molar-refractivity contribution in [2.75, 3.05) is 0 Å². The van der Waals surface area contributed by atoms with E-state index in [1.165, 1.54) is 12.8 Å². The minimum Gasteiger partial charge on any atom is -0.124 e. The first-order valence-corrected chi connectivity index (χ1v) is 4.73. The number of hydrogen-bond acceptors (Lipinski definition) is 0. The van der Waals surface area contributed by atoms with Gasteiger partial charge >= 0.3 is 0 Å². The smallest absolute Gasteiger partial charge is 0.0473 e. The van der Waals surface area contributed by atoms with Crippen molar-refractivity contribution in [1.29, 1.82) is 0 Å². The van der Waals surface area contributed by atoms with Crippen LogP contribution in [0.2, 0.25) is 0 Å². The molecule has 88 valence electrons. The third kappa shape index (κ3) is 696000. The molecule has 0 N–H and O–H groups in total. The van der Waals surface area contributed by atoms with Gasteiger partial charge in [-0.2, -0.15) is 0 Å². The second-order valence-electron chi connectivity index (χ2n) is 1.41. The van der Waals surface area contributed by atoms with Gasteiger partial charge in [0, 0.05) is 0 Å². The summed E-state index contributed by atoms with van der Waals surface area (Å²) in [6.07, 6.45) is 12.4. The van der Waals surface area contributed by atoms with Crippen LogP contribution in [0.15, 0.2) is 25.8 Å². The Labute approximate surface area is 94.1 Å². The molecule has 0 bridgehead atoms. The summed E-state index contributed by atoms with van der Waals surface area (Å²) in [6, 6.07) is 0. The Balaban J connectivity index is -0.0000000146. The number of hydrogen-bond donors (Lipinski definition) is 0. The number of rotatable bonds is 1. The fourth-order valence-corrected chi connectivity index (χ4v) is 0. The van der Waals surface area contributed by atoms with Gasteiger partial charge in [0.15, 0.2) is 0 Å². The predicted molar refractivity (Wildman–Crippen MR) is 75.7 cm³/mol. The molecule has 0 atom stereocenters. The van der Waals surface area contributed by atoms with E-state index in [4.69, 9.17) is 0 Å². The van der Waals surface area contributed by atoms with E-state index in [1.807, 2.05) is 20.8 Å². The molecule has 0 rings (SSSR count). The van der Waals surface area contributed by atoms with Crippen LogP contribution in [0, 0.1) is 12.8 Å². The molecule has 0 aliphatic carbocycles. The third-order valence-corrected chi connectivity index (χ3v) is 0.500. The van der Waals surface area contributed by atoms with Crippen molar-refractivity contribution in [3.63, 3.8) is 0 Å². The van der Waals surface area contributed by atoms with Crippen LogP contribution in [0.3, 0.4) is 0 Å². The van der Waals surface area contributed by atoms with E-state index >= 15 is 0 Å². The van der Waals surface area contributed by atoms with Crippen molar-refractivity contribution in [3.8, 4) is 12.8 Å². The fourth-order valence-electron chi connectivity index (χ4n) is 0. The largest absolute Gasteiger partial charge is 0.124 e. The second-order valence-corrected chi connectivity index (χ2v) is 1.41. The van der Waals surface area contributed by atoms with Crippen LogP contribution in [-0.4, -0.2) is 0 Å². The second kappa shape index (κ2) is 353. The van der Waals surface area contributed by atoms with Gasteiger partial charge in [0.25, 0.3) is 0 Å². The number of allylic oxidation sites excluding steroid dienone is 1. The molecule has 0 amide bonds. The van der Waals surface area contributed by atoms with Crippen molar-refractivity contribution in [2.45, 2.75) is 54.9 Å². The lowest BCUT2D eigenvalue weighted by Crippen LogP contribution is -1.47. The van der Waals surface area contributed by atoms with Crippen LogP contribution in [0.1, 0.15) is 54.9 Å². The highest BCUT2D eigenvalue weighted by Crippen LogP contribution is 1.76. The first-order chi connectivity index (χ1) is 6.33. The summed E-state index contributed by atoms with van der Waals surface area (Å²) >= 11 is 0. The normalized spacial score (nSPS) is 3.93. The minimum absolute atomic E-state index is 0. The van der Waals surface area contributed by atoms with Gasteiger partial charge in [-0.1, -0.05) is 54.0 Å². The van der Waals surface area contributed by atoms with Gasteiger partial charge in [0.05, 0.1) is 0 Å². The molecule has 0 aliphatic heterocycles. The SMILES string of the molecule is C.C#C.C=C.C=CC.CC.CCCC. The zero-order chi connectivity index (χ0) is 12.1. The Morgan fingerprint density at radius 2 is 1.07 bits per heavy atom. The van der Waals surface area contributed by atoms with Gasteiger partial charge in [0.2, 0.25) is 0 Å². The Hall–Kier alpha value is -0.960. The molecular formula is C14H32. The zero-order valence-corrected chi connectivity index (χ0v) is 10.3. The summed E-state index contributed by atoms with van der Waals surface area (Å²) in [5.74, 6) is 0. The Morgan fingerprint density at radius 3 is 1.07 bits per heavy atom. The molecule has 0 spiro atoms. The van der Waals surface area contributed by atoms with Crippen molar-refractivity contribution in [2.24, 2.45) is 0 Å². The van der Waals surface area contributed by atoms with Gasteiger partial charge in [-0.15, -0.1) is 32.6 Å².